The number of aromatic nitrogens is 3. The minimum absolute atomic E-state index is 0.532. The lowest BCUT2D eigenvalue weighted by molar-refractivity contribution is 0.392. The fourth-order valence-electron chi connectivity index (χ4n) is 2.51. The van der Waals surface area contributed by atoms with Gasteiger partial charge in [0, 0.05) is 12.1 Å². The number of nitrogens with zero attached hydrogens (tertiary/aromatic N) is 3. The third-order valence-corrected chi connectivity index (χ3v) is 4.01. The van der Waals surface area contributed by atoms with E-state index in [4.69, 9.17) is 0 Å². The summed E-state index contributed by atoms with van der Waals surface area (Å²) in [5.74, 6) is 0.545. The summed E-state index contributed by atoms with van der Waals surface area (Å²) in [5.41, 5.74) is 1.17. The summed E-state index contributed by atoms with van der Waals surface area (Å²) in [6, 6.07) is 0.532. The molecular weight excluding hydrogens is 234 g/mol. The highest BCUT2D eigenvalue weighted by Gasteiger charge is 2.14. The minimum atomic E-state index is 0.532. The molecule has 3 heteroatoms. The Kier molecular flexibility index (Phi) is 7.76. The molecule has 1 aromatic rings. The van der Waals surface area contributed by atoms with Gasteiger partial charge in [-0.15, -0.1) is 5.10 Å². The Hall–Kier alpha value is -0.860. The lowest BCUT2D eigenvalue weighted by atomic mass is 10.0. The van der Waals surface area contributed by atoms with Crippen molar-refractivity contribution in [2.45, 2.75) is 91.0 Å². The normalized spacial score (nSPS) is 14.5. The molecule has 3 nitrogen and oxygen atoms in total. The van der Waals surface area contributed by atoms with Gasteiger partial charge in [-0.2, -0.15) is 0 Å². The average Bonchev–Trinajstić information content (AvgIpc) is 2.89. The van der Waals surface area contributed by atoms with Crippen LogP contribution < -0.4 is 0 Å². The van der Waals surface area contributed by atoms with Gasteiger partial charge in [-0.05, 0) is 19.3 Å². The van der Waals surface area contributed by atoms with Gasteiger partial charge in [0.1, 0.15) is 0 Å². The molecule has 0 fully saturated rings. The molecule has 0 aliphatic heterocycles. The van der Waals surface area contributed by atoms with Crippen LogP contribution in [0.2, 0.25) is 0 Å². The van der Waals surface area contributed by atoms with E-state index in [1.54, 1.807) is 0 Å². The fraction of sp³-hybridized carbons (Fsp3) is 0.875. The van der Waals surface area contributed by atoms with Crippen LogP contribution in [0, 0.1) is 0 Å². The van der Waals surface area contributed by atoms with E-state index in [2.05, 4.69) is 48.9 Å². The van der Waals surface area contributed by atoms with Crippen LogP contribution in [0.3, 0.4) is 0 Å². The maximum absolute atomic E-state index is 4.38. The molecule has 0 aromatic carbocycles. The van der Waals surface area contributed by atoms with E-state index >= 15 is 0 Å². The number of hydrogen-bond acceptors (Lipinski definition) is 2. The number of rotatable bonds is 10. The number of unbranched alkanes of at least 4 members (excludes halogenated alkanes) is 3. The molecular formula is C16H31N3. The largest absolute Gasteiger partial charge is 0.249 e. The Morgan fingerprint density at radius 1 is 1.05 bits per heavy atom. The van der Waals surface area contributed by atoms with Gasteiger partial charge in [-0.3, -0.25) is 0 Å². The minimum Gasteiger partial charge on any atom is -0.249 e. The molecule has 0 aliphatic rings. The van der Waals surface area contributed by atoms with Crippen LogP contribution in [0.15, 0.2) is 6.20 Å². The fourth-order valence-corrected chi connectivity index (χ4v) is 2.51. The van der Waals surface area contributed by atoms with Crippen molar-refractivity contribution in [1.82, 2.24) is 15.0 Å². The van der Waals surface area contributed by atoms with Crippen LogP contribution in [-0.2, 0) is 0 Å². The molecule has 0 radical (unpaired) electrons. The zero-order valence-corrected chi connectivity index (χ0v) is 13.2. The van der Waals surface area contributed by atoms with Gasteiger partial charge in [-0.25, -0.2) is 4.68 Å². The van der Waals surface area contributed by atoms with Crippen molar-refractivity contribution in [2.24, 2.45) is 0 Å². The summed E-state index contributed by atoms with van der Waals surface area (Å²) in [7, 11) is 0. The first-order valence-corrected chi connectivity index (χ1v) is 8.14. The third-order valence-electron chi connectivity index (χ3n) is 4.01. The Morgan fingerprint density at radius 3 is 2.42 bits per heavy atom. The van der Waals surface area contributed by atoms with Crippen LogP contribution in [0.4, 0.5) is 0 Å². The molecule has 0 saturated carbocycles. The van der Waals surface area contributed by atoms with Crippen LogP contribution in [0.25, 0.3) is 0 Å². The first kappa shape index (κ1) is 16.2. The van der Waals surface area contributed by atoms with Crippen molar-refractivity contribution in [2.75, 3.05) is 0 Å². The summed E-state index contributed by atoms with van der Waals surface area (Å²) in [5, 5.41) is 8.74. The maximum Gasteiger partial charge on any atom is 0.0855 e. The maximum atomic E-state index is 4.38. The van der Waals surface area contributed by atoms with E-state index in [9.17, 15) is 0 Å². The van der Waals surface area contributed by atoms with E-state index in [1.807, 2.05) is 0 Å². The van der Waals surface area contributed by atoms with Gasteiger partial charge in [0.15, 0.2) is 0 Å². The SMILES string of the molecule is CCCCCC(C)c1cn(C(CC)CCCC)nn1. The standard InChI is InChI=1S/C16H31N3/c1-5-8-10-11-14(4)16-13-19(18-17-16)15(7-3)12-9-6-2/h13-15H,5-12H2,1-4H3. The van der Waals surface area contributed by atoms with Gasteiger partial charge in [-0.1, -0.05) is 65.0 Å². The molecule has 0 saturated heterocycles. The molecule has 1 heterocycles. The zero-order valence-electron chi connectivity index (χ0n) is 13.2. The summed E-state index contributed by atoms with van der Waals surface area (Å²) >= 11 is 0. The van der Waals surface area contributed by atoms with E-state index in [0.29, 0.717) is 12.0 Å². The Bertz CT molecular complexity index is 332. The highest BCUT2D eigenvalue weighted by atomic mass is 15.4. The summed E-state index contributed by atoms with van der Waals surface area (Å²) in [4.78, 5) is 0. The Labute approximate surface area is 118 Å². The monoisotopic (exact) mass is 265 g/mol. The molecule has 0 spiro atoms. The van der Waals surface area contributed by atoms with Crippen LogP contribution >= 0.6 is 0 Å². The summed E-state index contributed by atoms with van der Waals surface area (Å²) in [6.45, 7) is 9.01. The van der Waals surface area contributed by atoms with E-state index in [1.165, 1.54) is 50.6 Å². The number of hydrogen-bond donors (Lipinski definition) is 0. The van der Waals surface area contributed by atoms with Crippen molar-refractivity contribution in [3.63, 3.8) is 0 Å². The molecule has 0 amide bonds. The second-order valence-corrected chi connectivity index (χ2v) is 5.72. The highest BCUT2D eigenvalue weighted by molar-refractivity contribution is 5.00. The molecule has 2 atom stereocenters. The quantitative estimate of drug-likeness (QED) is 0.551. The molecule has 1 rings (SSSR count). The zero-order chi connectivity index (χ0) is 14.1. The lowest BCUT2D eigenvalue weighted by Gasteiger charge is -2.14. The summed E-state index contributed by atoms with van der Waals surface area (Å²) in [6.07, 6.45) is 12.2. The van der Waals surface area contributed by atoms with Gasteiger partial charge < -0.3 is 0 Å². The van der Waals surface area contributed by atoms with Crippen molar-refractivity contribution in [3.05, 3.63) is 11.9 Å². The highest BCUT2D eigenvalue weighted by Crippen LogP contribution is 2.23. The Balaban J connectivity index is 2.54. The predicted molar refractivity (Wildman–Crippen MR) is 81.4 cm³/mol. The average molecular weight is 265 g/mol. The molecule has 0 aliphatic carbocycles. The molecule has 110 valence electrons. The van der Waals surface area contributed by atoms with Gasteiger partial charge in [0.25, 0.3) is 0 Å². The van der Waals surface area contributed by atoms with Crippen LogP contribution in [0.5, 0.6) is 0 Å². The molecule has 0 N–H and O–H groups in total. The van der Waals surface area contributed by atoms with Crippen molar-refractivity contribution in [1.29, 1.82) is 0 Å². The second-order valence-electron chi connectivity index (χ2n) is 5.72. The Morgan fingerprint density at radius 2 is 1.79 bits per heavy atom. The van der Waals surface area contributed by atoms with Crippen molar-refractivity contribution in [3.8, 4) is 0 Å². The van der Waals surface area contributed by atoms with E-state index in [-0.39, 0.29) is 0 Å². The molecule has 2 unspecified atom stereocenters. The second kappa shape index (κ2) is 9.11. The molecule has 0 bridgehead atoms. The van der Waals surface area contributed by atoms with Gasteiger partial charge >= 0.3 is 0 Å². The first-order chi connectivity index (χ1) is 9.22. The third kappa shape index (κ3) is 5.33. The first-order valence-electron chi connectivity index (χ1n) is 8.14. The topological polar surface area (TPSA) is 30.7 Å². The van der Waals surface area contributed by atoms with Crippen LogP contribution in [-0.4, -0.2) is 15.0 Å². The van der Waals surface area contributed by atoms with Crippen LogP contribution in [0.1, 0.15) is 96.7 Å². The smallest absolute Gasteiger partial charge is 0.0855 e. The van der Waals surface area contributed by atoms with Gasteiger partial charge in [0.05, 0.1) is 11.7 Å². The lowest BCUT2D eigenvalue weighted by Crippen LogP contribution is -2.08. The molecule has 19 heavy (non-hydrogen) atoms. The van der Waals surface area contributed by atoms with Crippen molar-refractivity contribution >= 4 is 0 Å². The summed E-state index contributed by atoms with van der Waals surface area (Å²) < 4.78 is 2.10. The van der Waals surface area contributed by atoms with E-state index < -0.39 is 0 Å². The van der Waals surface area contributed by atoms with Gasteiger partial charge in [0.2, 0.25) is 0 Å². The predicted octanol–water partition coefficient (Wildman–Crippen LogP) is 5.10. The van der Waals surface area contributed by atoms with E-state index in [0.717, 1.165) is 6.42 Å². The molecule has 1 aromatic heterocycles. The van der Waals surface area contributed by atoms with Crippen molar-refractivity contribution < 1.29 is 0 Å².